The molecule has 0 aromatic heterocycles. The summed E-state index contributed by atoms with van der Waals surface area (Å²) in [6.45, 7) is 4.02. The van der Waals surface area contributed by atoms with Crippen molar-refractivity contribution in [3.8, 4) is 0 Å². The van der Waals surface area contributed by atoms with E-state index in [2.05, 4.69) is 0 Å². The number of benzene rings is 1. The van der Waals surface area contributed by atoms with Crippen LogP contribution < -0.4 is 11.5 Å². The smallest absolute Gasteiger partial charge is 0.123 e. The molecule has 1 aromatic carbocycles. The second-order valence-corrected chi connectivity index (χ2v) is 3.95. The van der Waals surface area contributed by atoms with Gasteiger partial charge in [-0.15, -0.1) is 0 Å². The van der Waals surface area contributed by atoms with Crippen molar-refractivity contribution < 1.29 is 4.39 Å². The maximum absolute atomic E-state index is 12.7. The lowest BCUT2D eigenvalue weighted by atomic mass is 10.1. The highest BCUT2D eigenvalue weighted by atomic mass is 19.1. The van der Waals surface area contributed by atoms with E-state index in [9.17, 15) is 4.39 Å². The van der Waals surface area contributed by atoms with Crippen molar-refractivity contribution >= 4 is 5.70 Å². The average molecular weight is 220 g/mol. The molecule has 16 heavy (non-hydrogen) atoms. The van der Waals surface area contributed by atoms with E-state index in [4.69, 9.17) is 11.5 Å². The molecule has 0 saturated carbocycles. The fraction of sp³-hybridized carbons (Fsp3) is 0.231. The third-order valence-electron chi connectivity index (χ3n) is 2.30. The van der Waals surface area contributed by atoms with Gasteiger partial charge in [-0.05, 0) is 35.8 Å². The summed E-state index contributed by atoms with van der Waals surface area (Å²) in [5, 5.41) is 0. The quantitative estimate of drug-likeness (QED) is 0.769. The monoisotopic (exact) mass is 220 g/mol. The molecule has 2 nitrogen and oxygen atoms in total. The summed E-state index contributed by atoms with van der Waals surface area (Å²) in [7, 11) is 0. The first-order chi connectivity index (χ1) is 7.50. The van der Waals surface area contributed by atoms with Crippen LogP contribution in [0.2, 0.25) is 0 Å². The van der Waals surface area contributed by atoms with Crippen LogP contribution in [-0.4, -0.2) is 0 Å². The molecule has 0 aliphatic heterocycles. The Balaban J connectivity index is 2.86. The highest BCUT2D eigenvalue weighted by molar-refractivity contribution is 5.64. The van der Waals surface area contributed by atoms with E-state index in [-0.39, 0.29) is 11.7 Å². The van der Waals surface area contributed by atoms with Gasteiger partial charge >= 0.3 is 0 Å². The topological polar surface area (TPSA) is 52.0 Å². The van der Waals surface area contributed by atoms with Gasteiger partial charge in [0.15, 0.2) is 0 Å². The Morgan fingerprint density at radius 2 is 1.69 bits per heavy atom. The lowest BCUT2D eigenvalue weighted by Crippen LogP contribution is -2.04. The highest BCUT2D eigenvalue weighted by Gasteiger charge is 1.97. The first-order valence-electron chi connectivity index (χ1n) is 5.19. The summed E-state index contributed by atoms with van der Waals surface area (Å²) in [5.41, 5.74) is 13.7. The molecule has 0 atom stereocenters. The van der Waals surface area contributed by atoms with Gasteiger partial charge in [-0.1, -0.05) is 26.0 Å². The first-order valence-corrected chi connectivity index (χ1v) is 5.19. The van der Waals surface area contributed by atoms with E-state index in [1.165, 1.54) is 12.1 Å². The van der Waals surface area contributed by atoms with Crippen molar-refractivity contribution in [1.82, 2.24) is 0 Å². The third-order valence-corrected chi connectivity index (χ3v) is 2.30. The summed E-state index contributed by atoms with van der Waals surface area (Å²) in [5.74, 6) is 0.0195. The molecule has 86 valence electrons. The SMILES string of the molecule is CC(C)/C(N)=C/C=C(\N)c1ccc(F)cc1. The minimum atomic E-state index is -0.270. The minimum absolute atomic E-state index is 0.270. The van der Waals surface area contributed by atoms with E-state index in [1.807, 2.05) is 13.8 Å². The molecule has 0 spiro atoms. The van der Waals surface area contributed by atoms with Crippen LogP contribution in [0.4, 0.5) is 4.39 Å². The molecular formula is C13H17FN2. The summed E-state index contributed by atoms with van der Waals surface area (Å²) in [4.78, 5) is 0. The molecule has 0 fully saturated rings. The number of allylic oxidation sites excluding steroid dienone is 3. The molecular weight excluding hydrogens is 203 g/mol. The molecule has 1 rings (SSSR count). The molecule has 0 unspecified atom stereocenters. The van der Waals surface area contributed by atoms with Crippen LogP contribution in [-0.2, 0) is 0 Å². The lowest BCUT2D eigenvalue weighted by Gasteiger charge is -2.04. The Bertz CT molecular complexity index is 402. The van der Waals surface area contributed by atoms with E-state index in [0.29, 0.717) is 5.70 Å². The fourth-order valence-electron chi connectivity index (χ4n) is 1.12. The summed E-state index contributed by atoms with van der Waals surface area (Å²) >= 11 is 0. The Hall–Kier alpha value is -1.77. The van der Waals surface area contributed by atoms with Crippen LogP contribution in [0.25, 0.3) is 5.70 Å². The predicted molar refractivity (Wildman–Crippen MR) is 65.7 cm³/mol. The maximum Gasteiger partial charge on any atom is 0.123 e. The number of nitrogens with two attached hydrogens (primary N) is 2. The van der Waals surface area contributed by atoms with Gasteiger partial charge in [0.25, 0.3) is 0 Å². The van der Waals surface area contributed by atoms with Gasteiger partial charge in [-0.3, -0.25) is 0 Å². The van der Waals surface area contributed by atoms with Crippen molar-refractivity contribution in [3.63, 3.8) is 0 Å². The van der Waals surface area contributed by atoms with Gasteiger partial charge < -0.3 is 11.5 Å². The molecule has 3 heteroatoms. The molecule has 0 amide bonds. The zero-order valence-corrected chi connectivity index (χ0v) is 9.57. The largest absolute Gasteiger partial charge is 0.402 e. The van der Waals surface area contributed by atoms with Crippen molar-refractivity contribution in [1.29, 1.82) is 0 Å². The van der Waals surface area contributed by atoms with Crippen LogP contribution in [0.3, 0.4) is 0 Å². The molecule has 4 N–H and O–H groups in total. The minimum Gasteiger partial charge on any atom is -0.402 e. The van der Waals surface area contributed by atoms with Gasteiger partial charge in [0.1, 0.15) is 5.82 Å². The summed E-state index contributed by atoms with van der Waals surface area (Å²) in [6, 6.07) is 6.04. The second-order valence-electron chi connectivity index (χ2n) is 3.95. The Morgan fingerprint density at radius 3 is 2.19 bits per heavy atom. The summed E-state index contributed by atoms with van der Waals surface area (Å²) in [6.07, 6.45) is 3.52. The van der Waals surface area contributed by atoms with Crippen molar-refractivity contribution in [2.24, 2.45) is 17.4 Å². The van der Waals surface area contributed by atoms with Gasteiger partial charge in [0.2, 0.25) is 0 Å². The van der Waals surface area contributed by atoms with Gasteiger partial charge in [0, 0.05) is 11.4 Å². The van der Waals surface area contributed by atoms with Gasteiger partial charge in [-0.2, -0.15) is 0 Å². The van der Waals surface area contributed by atoms with Crippen molar-refractivity contribution in [2.75, 3.05) is 0 Å². The number of hydrogen-bond acceptors (Lipinski definition) is 2. The van der Waals surface area contributed by atoms with Crippen LogP contribution in [0.1, 0.15) is 19.4 Å². The zero-order chi connectivity index (χ0) is 12.1. The molecule has 1 aromatic rings. The normalized spacial score (nSPS) is 13.2. The molecule has 0 heterocycles. The first kappa shape index (κ1) is 12.3. The van der Waals surface area contributed by atoms with Crippen LogP contribution in [0.15, 0.2) is 42.1 Å². The molecule has 0 aliphatic rings. The average Bonchev–Trinajstić information content (AvgIpc) is 2.26. The molecule has 0 aliphatic carbocycles. The van der Waals surface area contributed by atoms with Crippen LogP contribution in [0, 0.1) is 11.7 Å². The van der Waals surface area contributed by atoms with E-state index < -0.39 is 0 Å². The summed E-state index contributed by atoms with van der Waals surface area (Å²) < 4.78 is 12.7. The number of halogens is 1. The van der Waals surface area contributed by atoms with E-state index >= 15 is 0 Å². The van der Waals surface area contributed by atoms with E-state index in [0.717, 1.165) is 11.3 Å². The zero-order valence-electron chi connectivity index (χ0n) is 9.57. The number of rotatable bonds is 3. The Kier molecular flexibility index (Phi) is 4.11. The highest BCUT2D eigenvalue weighted by Crippen LogP contribution is 2.11. The fourth-order valence-corrected chi connectivity index (χ4v) is 1.12. The van der Waals surface area contributed by atoms with Gasteiger partial charge in [-0.25, -0.2) is 4.39 Å². The van der Waals surface area contributed by atoms with Crippen LogP contribution >= 0.6 is 0 Å². The third kappa shape index (κ3) is 3.42. The van der Waals surface area contributed by atoms with Crippen molar-refractivity contribution in [3.05, 3.63) is 53.5 Å². The molecule has 0 saturated heterocycles. The molecule has 0 radical (unpaired) electrons. The van der Waals surface area contributed by atoms with Crippen LogP contribution in [0.5, 0.6) is 0 Å². The van der Waals surface area contributed by atoms with E-state index in [1.54, 1.807) is 24.3 Å². The Morgan fingerprint density at radius 1 is 1.12 bits per heavy atom. The Labute approximate surface area is 95.5 Å². The maximum atomic E-state index is 12.7. The molecule has 0 bridgehead atoms. The standard InChI is InChI=1S/C13H17FN2/c1-9(2)12(15)7-8-13(16)10-3-5-11(14)6-4-10/h3-9H,15-16H2,1-2H3/b12-7-,13-8-. The van der Waals surface area contributed by atoms with Crippen molar-refractivity contribution in [2.45, 2.75) is 13.8 Å². The van der Waals surface area contributed by atoms with Gasteiger partial charge in [0.05, 0.1) is 0 Å². The number of hydrogen-bond donors (Lipinski definition) is 2. The lowest BCUT2D eigenvalue weighted by molar-refractivity contribution is 0.627. The predicted octanol–water partition coefficient (Wildman–Crippen LogP) is 2.62. The second kappa shape index (κ2) is 5.35.